The van der Waals surface area contributed by atoms with Gasteiger partial charge < -0.3 is 14.6 Å². The normalized spacial score (nSPS) is 28.8. The first kappa shape index (κ1) is 16.8. The third-order valence-electron chi connectivity index (χ3n) is 6.75. The van der Waals surface area contributed by atoms with Crippen molar-refractivity contribution in [1.29, 1.82) is 0 Å². The van der Waals surface area contributed by atoms with Crippen molar-refractivity contribution >= 4 is 5.57 Å². The number of allylic oxidation sites excluding steroid dienone is 1. The summed E-state index contributed by atoms with van der Waals surface area (Å²) >= 11 is 0. The van der Waals surface area contributed by atoms with Crippen molar-refractivity contribution in [2.24, 2.45) is 0 Å². The first-order chi connectivity index (χ1) is 12.7. The van der Waals surface area contributed by atoms with Gasteiger partial charge in [-0.15, -0.1) is 0 Å². The molecule has 1 aromatic carbocycles. The Bertz CT molecular complexity index is 701. The average molecular weight is 355 g/mol. The highest BCUT2D eigenvalue weighted by Gasteiger charge is 2.42. The minimum absolute atomic E-state index is 0.172. The third kappa shape index (κ3) is 3.08. The number of benzene rings is 1. The van der Waals surface area contributed by atoms with E-state index in [0.29, 0.717) is 6.61 Å². The van der Waals surface area contributed by atoms with Gasteiger partial charge in [-0.25, -0.2) is 0 Å². The fraction of sp³-hybridized carbons (Fsp3) is 0.636. The molecule has 1 N–H and O–H groups in total. The molecule has 0 bridgehead atoms. The van der Waals surface area contributed by atoms with Gasteiger partial charge in [0.2, 0.25) is 5.79 Å². The zero-order valence-corrected chi connectivity index (χ0v) is 15.5. The maximum Gasteiger partial charge on any atom is 0.213 e. The lowest BCUT2D eigenvalue weighted by Crippen LogP contribution is -2.54. The molecule has 1 saturated carbocycles. The van der Waals surface area contributed by atoms with Crippen molar-refractivity contribution in [2.45, 2.75) is 75.9 Å². The largest absolute Gasteiger partial charge is 0.462 e. The van der Waals surface area contributed by atoms with Crippen LogP contribution >= 0.6 is 0 Å². The number of likely N-dealkylation sites (tertiary alicyclic amines) is 1. The van der Waals surface area contributed by atoms with Crippen LogP contribution in [0.3, 0.4) is 0 Å². The van der Waals surface area contributed by atoms with Gasteiger partial charge in [-0.3, -0.25) is 4.90 Å². The number of hydrogen-bond donors (Lipinski definition) is 1. The lowest BCUT2D eigenvalue weighted by atomic mass is 9.88. The minimum Gasteiger partial charge on any atom is -0.462 e. The van der Waals surface area contributed by atoms with E-state index in [4.69, 9.17) is 9.47 Å². The summed E-state index contributed by atoms with van der Waals surface area (Å²) in [6.45, 7) is 2.82. The van der Waals surface area contributed by atoms with E-state index in [2.05, 4.69) is 29.2 Å². The summed E-state index contributed by atoms with van der Waals surface area (Å²) < 4.78 is 12.7. The van der Waals surface area contributed by atoms with E-state index in [1.807, 2.05) is 0 Å². The predicted octanol–water partition coefficient (Wildman–Crippen LogP) is 3.87. The Morgan fingerprint density at radius 1 is 1.12 bits per heavy atom. The standard InChI is InChI=1S/C22H29NO3/c24-20-7-4-16(5-8-20)17-6-9-21-18(14-17)15-25-22(26-21)10-12-23(13-11-22)19-2-1-3-19/h4,6,9,14,19-20,24H,1-3,5,7-8,10-13,15H2. The zero-order valence-electron chi connectivity index (χ0n) is 15.5. The van der Waals surface area contributed by atoms with Crippen molar-refractivity contribution < 1.29 is 14.6 Å². The molecule has 2 aliphatic carbocycles. The molecule has 4 nitrogen and oxygen atoms in total. The summed E-state index contributed by atoms with van der Waals surface area (Å²) in [4.78, 5) is 2.63. The second-order valence-electron chi connectivity index (χ2n) is 8.40. The van der Waals surface area contributed by atoms with Gasteiger partial charge in [0, 0.05) is 37.5 Å². The number of piperidine rings is 1. The Morgan fingerprint density at radius 3 is 2.65 bits per heavy atom. The molecule has 4 aliphatic rings. The van der Waals surface area contributed by atoms with E-state index in [0.717, 1.165) is 62.5 Å². The van der Waals surface area contributed by atoms with Crippen LogP contribution in [-0.2, 0) is 11.3 Å². The van der Waals surface area contributed by atoms with Crippen LogP contribution < -0.4 is 4.74 Å². The monoisotopic (exact) mass is 355 g/mol. The van der Waals surface area contributed by atoms with Crippen LogP contribution in [0.25, 0.3) is 5.57 Å². The molecule has 2 aliphatic heterocycles. The van der Waals surface area contributed by atoms with Crippen molar-refractivity contribution in [3.05, 3.63) is 35.4 Å². The number of rotatable bonds is 2. The van der Waals surface area contributed by atoms with E-state index >= 15 is 0 Å². The van der Waals surface area contributed by atoms with Crippen LogP contribution in [0.5, 0.6) is 5.75 Å². The number of aliphatic hydroxyl groups is 1. The Labute approximate surface area is 155 Å². The number of ether oxygens (including phenoxy) is 2. The molecule has 1 unspecified atom stereocenters. The van der Waals surface area contributed by atoms with Crippen molar-refractivity contribution in [2.75, 3.05) is 13.1 Å². The molecule has 2 fully saturated rings. The molecule has 1 aromatic rings. The quantitative estimate of drug-likeness (QED) is 0.874. The van der Waals surface area contributed by atoms with E-state index in [1.54, 1.807) is 0 Å². The molecule has 5 rings (SSSR count). The highest BCUT2D eigenvalue weighted by atomic mass is 16.7. The molecule has 2 heterocycles. The maximum atomic E-state index is 9.69. The summed E-state index contributed by atoms with van der Waals surface area (Å²) in [6, 6.07) is 7.33. The van der Waals surface area contributed by atoms with Crippen molar-refractivity contribution in [3.8, 4) is 5.75 Å². The number of aliphatic hydroxyl groups excluding tert-OH is 1. The smallest absolute Gasteiger partial charge is 0.213 e. The molecule has 140 valence electrons. The summed E-state index contributed by atoms with van der Waals surface area (Å²) in [7, 11) is 0. The summed E-state index contributed by atoms with van der Waals surface area (Å²) in [5.74, 6) is 0.580. The van der Waals surface area contributed by atoms with Gasteiger partial charge in [0.05, 0.1) is 12.7 Å². The van der Waals surface area contributed by atoms with Crippen LogP contribution in [0.2, 0.25) is 0 Å². The lowest BCUT2D eigenvalue weighted by Gasteiger charge is -2.47. The van der Waals surface area contributed by atoms with Gasteiger partial charge in [0.1, 0.15) is 5.75 Å². The Hall–Kier alpha value is -1.36. The Kier molecular flexibility index (Phi) is 4.30. The molecule has 4 heteroatoms. The first-order valence-electron chi connectivity index (χ1n) is 10.3. The highest BCUT2D eigenvalue weighted by Crippen LogP contribution is 2.40. The van der Waals surface area contributed by atoms with Gasteiger partial charge in [-0.1, -0.05) is 18.6 Å². The number of hydrogen-bond acceptors (Lipinski definition) is 4. The van der Waals surface area contributed by atoms with Crippen LogP contribution in [0, 0.1) is 0 Å². The van der Waals surface area contributed by atoms with Gasteiger partial charge in [0.25, 0.3) is 0 Å². The predicted molar refractivity (Wildman–Crippen MR) is 101 cm³/mol. The van der Waals surface area contributed by atoms with E-state index in [-0.39, 0.29) is 6.10 Å². The van der Waals surface area contributed by atoms with Crippen LogP contribution in [0.15, 0.2) is 24.3 Å². The van der Waals surface area contributed by atoms with E-state index in [9.17, 15) is 5.11 Å². The molecule has 0 radical (unpaired) electrons. The van der Waals surface area contributed by atoms with Gasteiger partial charge in [-0.2, -0.15) is 0 Å². The Morgan fingerprint density at radius 2 is 1.96 bits per heavy atom. The van der Waals surface area contributed by atoms with Crippen LogP contribution in [0.4, 0.5) is 0 Å². The van der Waals surface area contributed by atoms with Gasteiger partial charge in [-0.05, 0) is 55.4 Å². The summed E-state index contributed by atoms with van der Waals surface area (Å²) in [5, 5.41) is 9.69. The molecular weight excluding hydrogens is 326 g/mol. The van der Waals surface area contributed by atoms with E-state index < -0.39 is 5.79 Å². The molecule has 1 saturated heterocycles. The van der Waals surface area contributed by atoms with Gasteiger partial charge >= 0.3 is 0 Å². The van der Waals surface area contributed by atoms with Crippen molar-refractivity contribution in [1.82, 2.24) is 4.90 Å². The first-order valence-corrected chi connectivity index (χ1v) is 10.3. The number of nitrogens with zero attached hydrogens (tertiary/aromatic N) is 1. The topological polar surface area (TPSA) is 41.9 Å². The number of fused-ring (bicyclic) bond motifs is 1. The van der Waals surface area contributed by atoms with Crippen LogP contribution in [0.1, 0.15) is 62.5 Å². The fourth-order valence-corrected chi connectivity index (χ4v) is 4.74. The minimum atomic E-state index is -0.414. The lowest BCUT2D eigenvalue weighted by molar-refractivity contribution is -0.231. The van der Waals surface area contributed by atoms with E-state index in [1.165, 1.54) is 30.4 Å². The van der Waals surface area contributed by atoms with Crippen molar-refractivity contribution in [3.63, 3.8) is 0 Å². The highest BCUT2D eigenvalue weighted by molar-refractivity contribution is 5.68. The average Bonchev–Trinajstić information content (AvgIpc) is 2.63. The van der Waals surface area contributed by atoms with Crippen LogP contribution in [-0.4, -0.2) is 41.0 Å². The fourth-order valence-electron chi connectivity index (χ4n) is 4.74. The molecule has 1 atom stereocenters. The SMILES string of the molecule is OC1CC=C(c2ccc3c(c2)COC2(CCN(C4CCC4)CC2)O3)CC1. The maximum absolute atomic E-state index is 9.69. The second-order valence-corrected chi connectivity index (χ2v) is 8.40. The molecule has 1 spiro atoms. The third-order valence-corrected chi connectivity index (χ3v) is 6.75. The molecule has 26 heavy (non-hydrogen) atoms. The molecular formula is C22H29NO3. The summed E-state index contributed by atoms with van der Waals surface area (Å²) in [6.07, 6.45) is 10.6. The Balaban J connectivity index is 1.28. The van der Waals surface area contributed by atoms with Gasteiger partial charge in [0.15, 0.2) is 0 Å². The second kappa shape index (κ2) is 6.66. The molecule has 0 aromatic heterocycles. The zero-order chi connectivity index (χ0) is 17.6. The summed E-state index contributed by atoms with van der Waals surface area (Å²) in [5.41, 5.74) is 3.74. The molecule has 0 amide bonds.